The minimum Gasteiger partial charge on any atom is -0.465 e. The van der Waals surface area contributed by atoms with Crippen molar-refractivity contribution < 1.29 is 14.7 Å². The first kappa shape index (κ1) is 16.1. The lowest BCUT2D eigenvalue weighted by Crippen LogP contribution is -2.30. The van der Waals surface area contributed by atoms with Crippen molar-refractivity contribution in [2.45, 2.75) is 18.9 Å². The van der Waals surface area contributed by atoms with Crippen LogP contribution in [0.1, 0.15) is 23.2 Å². The lowest BCUT2D eigenvalue weighted by molar-refractivity contribution is 0.100. The second-order valence-corrected chi connectivity index (χ2v) is 7.46. The molecular formula is C15H17BrN6O3. The summed E-state index contributed by atoms with van der Waals surface area (Å²) in [7, 11) is 0. The minimum absolute atomic E-state index is 0.144. The van der Waals surface area contributed by atoms with Crippen LogP contribution in [-0.4, -0.2) is 55.7 Å². The molecule has 10 heteroatoms. The molecule has 1 aliphatic heterocycles. The van der Waals surface area contributed by atoms with Gasteiger partial charge in [0.2, 0.25) is 0 Å². The van der Waals surface area contributed by atoms with Crippen LogP contribution in [0.25, 0.3) is 5.65 Å². The highest BCUT2D eigenvalue weighted by atomic mass is 79.9. The van der Waals surface area contributed by atoms with Crippen LogP contribution in [0.15, 0.2) is 17.0 Å². The fourth-order valence-electron chi connectivity index (χ4n) is 4.01. The molecule has 2 aromatic rings. The van der Waals surface area contributed by atoms with Crippen LogP contribution in [0.5, 0.6) is 0 Å². The first-order chi connectivity index (χ1) is 11.9. The van der Waals surface area contributed by atoms with Crippen LogP contribution >= 0.6 is 15.9 Å². The van der Waals surface area contributed by atoms with Gasteiger partial charge in [-0.3, -0.25) is 4.79 Å². The Hall–Kier alpha value is -2.36. The molecule has 4 N–H and O–H groups in total. The van der Waals surface area contributed by atoms with Gasteiger partial charge in [-0.25, -0.2) is 14.3 Å². The highest BCUT2D eigenvalue weighted by Crippen LogP contribution is 2.40. The van der Waals surface area contributed by atoms with E-state index < -0.39 is 12.0 Å². The number of nitrogens with two attached hydrogens (primary N) is 1. The summed E-state index contributed by atoms with van der Waals surface area (Å²) in [6.07, 6.45) is 3.99. The van der Waals surface area contributed by atoms with Gasteiger partial charge >= 0.3 is 6.09 Å². The molecular weight excluding hydrogens is 392 g/mol. The molecule has 3 heterocycles. The van der Waals surface area contributed by atoms with E-state index in [0.717, 1.165) is 12.8 Å². The Kier molecular flexibility index (Phi) is 3.78. The van der Waals surface area contributed by atoms with Gasteiger partial charge in [0.25, 0.3) is 5.91 Å². The van der Waals surface area contributed by atoms with Gasteiger partial charge < -0.3 is 21.1 Å². The van der Waals surface area contributed by atoms with Crippen LogP contribution in [0.4, 0.5) is 10.5 Å². The van der Waals surface area contributed by atoms with Crippen molar-refractivity contribution in [3.63, 3.8) is 0 Å². The maximum Gasteiger partial charge on any atom is 0.407 e. The molecule has 2 amide bonds. The minimum atomic E-state index is -0.854. The lowest BCUT2D eigenvalue weighted by atomic mass is 10.0. The second kappa shape index (κ2) is 5.87. The quantitative estimate of drug-likeness (QED) is 0.704. The molecule has 0 bridgehead atoms. The smallest absolute Gasteiger partial charge is 0.407 e. The molecule has 2 fully saturated rings. The molecule has 9 nitrogen and oxygen atoms in total. The molecule has 2 aliphatic rings. The number of hydrogen-bond acceptors (Lipinski definition) is 5. The van der Waals surface area contributed by atoms with E-state index in [1.165, 1.54) is 11.1 Å². The van der Waals surface area contributed by atoms with Gasteiger partial charge in [-0.1, -0.05) is 0 Å². The van der Waals surface area contributed by atoms with Crippen LogP contribution in [0.3, 0.4) is 0 Å². The van der Waals surface area contributed by atoms with Gasteiger partial charge in [0, 0.05) is 19.1 Å². The molecule has 1 aliphatic carbocycles. The van der Waals surface area contributed by atoms with Crippen molar-refractivity contribution in [2.24, 2.45) is 17.6 Å². The summed E-state index contributed by atoms with van der Waals surface area (Å²) in [5, 5.41) is 16.7. The number of fused-ring (bicyclic) bond motifs is 2. The number of anilines is 1. The molecule has 1 saturated carbocycles. The van der Waals surface area contributed by atoms with E-state index in [4.69, 9.17) is 10.8 Å². The number of carbonyl (C=O) groups excluding carboxylic acids is 1. The van der Waals surface area contributed by atoms with E-state index in [1.807, 2.05) is 0 Å². The van der Waals surface area contributed by atoms with E-state index >= 15 is 0 Å². The zero-order chi connectivity index (χ0) is 17.7. The number of nitrogens with zero attached hydrogens (tertiary/aromatic N) is 4. The van der Waals surface area contributed by atoms with Crippen molar-refractivity contribution >= 4 is 39.3 Å². The number of likely N-dealkylation sites (tertiary alicyclic amines) is 1. The van der Waals surface area contributed by atoms with Crippen LogP contribution in [0.2, 0.25) is 0 Å². The van der Waals surface area contributed by atoms with Crippen molar-refractivity contribution in [1.29, 1.82) is 0 Å². The van der Waals surface area contributed by atoms with Gasteiger partial charge in [0.1, 0.15) is 4.60 Å². The molecule has 0 spiro atoms. The molecule has 25 heavy (non-hydrogen) atoms. The highest BCUT2D eigenvalue weighted by Gasteiger charge is 2.42. The van der Waals surface area contributed by atoms with Gasteiger partial charge in [-0.05, 0) is 40.6 Å². The number of nitrogens with one attached hydrogen (secondary N) is 1. The Morgan fingerprint density at radius 2 is 2.00 bits per heavy atom. The number of aromatic nitrogens is 3. The molecule has 2 unspecified atom stereocenters. The summed E-state index contributed by atoms with van der Waals surface area (Å²) >= 11 is 3.32. The molecule has 0 aromatic carbocycles. The molecule has 4 rings (SSSR count). The van der Waals surface area contributed by atoms with E-state index in [1.54, 1.807) is 10.7 Å². The maximum atomic E-state index is 11.8. The van der Waals surface area contributed by atoms with Crippen LogP contribution < -0.4 is 11.1 Å². The third-order valence-electron chi connectivity index (χ3n) is 5.10. The van der Waals surface area contributed by atoms with Gasteiger partial charge in [0.15, 0.2) is 5.65 Å². The van der Waals surface area contributed by atoms with E-state index in [2.05, 4.69) is 31.3 Å². The number of primary amides is 1. The maximum absolute atomic E-state index is 11.8. The number of rotatable bonds is 3. The second-order valence-electron chi connectivity index (χ2n) is 6.65. The average Bonchev–Trinajstić information content (AvgIpc) is 3.18. The summed E-state index contributed by atoms with van der Waals surface area (Å²) < 4.78 is 2.20. The normalized spacial score (nSPS) is 25.3. The molecule has 132 valence electrons. The first-order valence-corrected chi connectivity index (χ1v) is 8.79. The zero-order valence-corrected chi connectivity index (χ0v) is 14.8. The average molecular weight is 409 g/mol. The van der Waals surface area contributed by atoms with Crippen molar-refractivity contribution in [3.8, 4) is 0 Å². The summed E-state index contributed by atoms with van der Waals surface area (Å²) in [6.45, 7) is 1.14. The molecule has 2 aromatic heterocycles. The van der Waals surface area contributed by atoms with Crippen LogP contribution in [0, 0.1) is 11.8 Å². The summed E-state index contributed by atoms with van der Waals surface area (Å²) in [6, 6.07) is 0.144. The molecule has 2 atom stereocenters. The lowest BCUT2D eigenvalue weighted by Gasteiger charge is -2.19. The Labute approximate surface area is 151 Å². The number of halogens is 1. The van der Waals surface area contributed by atoms with Gasteiger partial charge in [-0.15, -0.1) is 0 Å². The summed E-state index contributed by atoms with van der Waals surface area (Å²) in [4.78, 5) is 28.7. The predicted molar refractivity (Wildman–Crippen MR) is 92.4 cm³/mol. The topological polar surface area (TPSA) is 126 Å². The molecule has 0 radical (unpaired) electrons. The Morgan fingerprint density at radius 3 is 2.60 bits per heavy atom. The predicted octanol–water partition coefficient (Wildman–Crippen LogP) is 1.39. The largest absolute Gasteiger partial charge is 0.465 e. The third kappa shape index (κ3) is 2.80. The van der Waals surface area contributed by atoms with Crippen LogP contribution in [-0.2, 0) is 0 Å². The standard InChI is InChI=1S/C15H17BrN6O3/c16-11-6-22-14(20-11)12(10(3-18-22)13(17)23)19-9-1-7-4-21(15(24)25)5-8(7)2-9/h3,6-9,19H,1-2,4-5H2,(H2,17,23)(H,24,25). The first-order valence-electron chi connectivity index (χ1n) is 8.00. The third-order valence-corrected chi connectivity index (χ3v) is 5.48. The summed E-state index contributed by atoms with van der Waals surface area (Å²) in [5.41, 5.74) is 6.90. The van der Waals surface area contributed by atoms with Crippen molar-refractivity contribution in [1.82, 2.24) is 19.5 Å². The monoisotopic (exact) mass is 408 g/mol. The number of carbonyl (C=O) groups is 2. The zero-order valence-electron chi connectivity index (χ0n) is 13.2. The highest BCUT2D eigenvalue weighted by molar-refractivity contribution is 9.10. The number of amides is 2. The number of carboxylic acid groups (broad SMARTS) is 1. The van der Waals surface area contributed by atoms with Gasteiger partial charge in [0.05, 0.1) is 23.6 Å². The fraction of sp³-hybridized carbons (Fsp3) is 0.467. The van der Waals surface area contributed by atoms with E-state index in [9.17, 15) is 9.59 Å². The van der Waals surface area contributed by atoms with E-state index in [0.29, 0.717) is 46.4 Å². The number of hydrogen-bond donors (Lipinski definition) is 3. The SMILES string of the molecule is NC(=O)c1cnn2cc(Br)nc2c1NC1CC2CN(C(=O)O)CC2C1. The van der Waals surface area contributed by atoms with Crippen molar-refractivity contribution in [3.05, 3.63) is 22.6 Å². The van der Waals surface area contributed by atoms with Gasteiger partial charge in [-0.2, -0.15) is 5.10 Å². The Morgan fingerprint density at radius 1 is 1.32 bits per heavy atom. The summed E-state index contributed by atoms with van der Waals surface area (Å²) in [5.74, 6) is 0.122. The van der Waals surface area contributed by atoms with E-state index in [-0.39, 0.29) is 6.04 Å². The van der Waals surface area contributed by atoms with Crippen molar-refractivity contribution in [2.75, 3.05) is 18.4 Å². The Balaban J connectivity index is 1.59. The number of imidazole rings is 1. The fourth-order valence-corrected chi connectivity index (χ4v) is 4.38. The Bertz CT molecular complexity index is 854. The molecule has 1 saturated heterocycles.